The normalized spacial score (nSPS) is 14.2. The summed E-state index contributed by atoms with van der Waals surface area (Å²) in [5.41, 5.74) is 8.77. The molecular weight excluding hydrogens is 382 g/mol. The summed E-state index contributed by atoms with van der Waals surface area (Å²) < 4.78 is 6.80. The number of hydrogen-bond acceptors (Lipinski definition) is 2. The molecule has 4 rings (SSSR count). The number of nitrogens with one attached hydrogen (secondary N) is 1. The van der Waals surface area contributed by atoms with Crippen LogP contribution in [0.15, 0.2) is 103 Å². The highest BCUT2D eigenvalue weighted by Gasteiger charge is 2.37. The largest absolute Gasteiger partial charge is 0.321 e. The number of hydrogen-bond donors (Lipinski definition) is 1. The lowest BCUT2D eigenvalue weighted by atomic mass is 10.1. The van der Waals surface area contributed by atoms with E-state index in [2.05, 4.69) is 103 Å². The van der Waals surface area contributed by atoms with Gasteiger partial charge in [-0.05, 0) is 60.5 Å². The summed E-state index contributed by atoms with van der Waals surface area (Å²) in [4.78, 5) is 0. The van der Waals surface area contributed by atoms with E-state index in [0.29, 0.717) is 0 Å². The molecule has 0 aromatic heterocycles. The van der Waals surface area contributed by atoms with Gasteiger partial charge in [0.05, 0.1) is 0 Å². The van der Waals surface area contributed by atoms with Crippen LogP contribution in [-0.4, -0.2) is 8.32 Å². The smallest absolute Gasteiger partial charge is 0.242 e. The van der Waals surface area contributed by atoms with E-state index in [1.807, 2.05) is 0 Å². The number of benzene rings is 3. The zero-order chi connectivity index (χ0) is 20.5. The maximum Gasteiger partial charge on any atom is 0.242 e. The van der Waals surface area contributed by atoms with Crippen molar-refractivity contribution in [2.75, 3.05) is 0 Å². The second kappa shape index (κ2) is 10.4. The van der Waals surface area contributed by atoms with E-state index in [4.69, 9.17) is 4.53 Å². The van der Waals surface area contributed by atoms with Gasteiger partial charge in [-0.3, -0.25) is 5.48 Å². The van der Waals surface area contributed by atoms with Crippen LogP contribution in [0.5, 0.6) is 0 Å². The van der Waals surface area contributed by atoms with Crippen LogP contribution in [0.25, 0.3) is 0 Å². The molecule has 154 valence electrons. The summed E-state index contributed by atoms with van der Waals surface area (Å²) in [5, 5.41) is 0. The summed E-state index contributed by atoms with van der Waals surface area (Å²) in [6.45, 7) is 0. The summed E-state index contributed by atoms with van der Waals surface area (Å²) in [6.07, 6.45) is 7.08. The first-order valence-corrected chi connectivity index (χ1v) is 13.6. The van der Waals surface area contributed by atoms with Gasteiger partial charge in [-0.2, -0.15) is 0 Å². The van der Waals surface area contributed by atoms with Gasteiger partial charge in [0.15, 0.2) is 0 Å². The van der Waals surface area contributed by atoms with Crippen LogP contribution in [0.2, 0.25) is 0 Å². The fourth-order valence-electron chi connectivity index (χ4n) is 4.30. The molecule has 0 saturated heterocycles. The Morgan fingerprint density at radius 2 is 1.10 bits per heavy atom. The molecule has 0 aliphatic heterocycles. The van der Waals surface area contributed by atoms with Crippen molar-refractivity contribution in [2.45, 2.75) is 43.8 Å². The van der Waals surface area contributed by atoms with Crippen LogP contribution in [0.1, 0.15) is 42.4 Å². The van der Waals surface area contributed by atoms with Gasteiger partial charge < -0.3 is 4.53 Å². The maximum atomic E-state index is 6.80. The highest BCUT2D eigenvalue weighted by Crippen LogP contribution is 2.25. The summed E-state index contributed by atoms with van der Waals surface area (Å²) in [7, 11) is -2.25. The molecule has 0 heterocycles. The average Bonchev–Trinajstić information content (AvgIpc) is 2.80. The van der Waals surface area contributed by atoms with Gasteiger partial charge >= 0.3 is 0 Å². The molecule has 0 spiro atoms. The van der Waals surface area contributed by atoms with Gasteiger partial charge in [0.1, 0.15) is 0 Å². The molecule has 3 aromatic carbocycles. The molecule has 0 unspecified atom stereocenters. The van der Waals surface area contributed by atoms with Gasteiger partial charge in [0.25, 0.3) is 0 Å². The van der Waals surface area contributed by atoms with Crippen molar-refractivity contribution in [3.8, 4) is 0 Å². The number of hydroxylamine groups is 1. The van der Waals surface area contributed by atoms with Crippen molar-refractivity contribution in [3.05, 3.63) is 119 Å². The van der Waals surface area contributed by atoms with Crippen LogP contribution in [0.4, 0.5) is 0 Å². The predicted octanol–water partition coefficient (Wildman–Crippen LogP) is 6.26. The number of allylic oxidation sites excluding steroid dienone is 2. The Balaban J connectivity index is 1.66. The quantitative estimate of drug-likeness (QED) is 0.330. The third-order valence-corrected chi connectivity index (χ3v) is 9.49. The maximum absolute atomic E-state index is 6.80. The van der Waals surface area contributed by atoms with Gasteiger partial charge in [0.2, 0.25) is 8.32 Å². The van der Waals surface area contributed by atoms with Gasteiger partial charge in [-0.15, -0.1) is 0 Å². The van der Waals surface area contributed by atoms with E-state index in [0.717, 1.165) is 31.0 Å². The van der Waals surface area contributed by atoms with Crippen LogP contribution in [-0.2, 0) is 22.7 Å². The van der Waals surface area contributed by atoms with Crippen LogP contribution in [0.3, 0.4) is 0 Å². The van der Waals surface area contributed by atoms with Crippen molar-refractivity contribution in [2.24, 2.45) is 0 Å². The molecule has 1 aliphatic carbocycles. The first-order chi connectivity index (χ1) is 14.8. The lowest BCUT2D eigenvalue weighted by Gasteiger charge is -2.33. The molecule has 0 bridgehead atoms. The van der Waals surface area contributed by atoms with E-state index >= 15 is 0 Å². The van der Waals surface area contributed by atoms with Crippen LogP contribution in [0, 0.1) is 0 Å². The average molecular weight is 414 g/mol. The summed E-state index contributed by atoms with van der Waals surface area (Å²) >= 11 is 0. The van der Waals surface area contributed by atoms with E-state index in [1.165, 1.54) is 35.2 Å². The molecule has 1 N–H and O–H groups in total. The first kappa shape index (κ1) is 20.6. The fraction of sp³-hybridized carbons (Fsp3) is 0.259. The standard InChI is InChI=1S/C27H31NOSi/c1-5-13-24(14-6-1)21-30(22-25-15-7-2-8-16-25,23-26-17-9-3-10-18-26)29-28-27-19-11-4-12-20-27/h1-3,5-10,13-19,28H,4,11-12,20-23H2. The molecule has 0 atom stereocenters. The topological polar surface area (TPSA) is 21.3 Å². The molecule has 3 heteroatoms. The Bertz CT molecular complexity index is 823. The van der Waals surface area contributed by atoms with Crippen molar-refractivity contribution in [1.29, 1.82) is 0 Å². The third-order valence-electron chi connectivity index (χ3n) is 5.80. The van der Waals surface area contributed by atoms with E-state index < -0.39 is 8.32 Å². The minimum atomic E-state index is -2.25. The fourth-order valence-corrected chi connectivity index (χ4v) is 8.18. The van der Waals surface area contributed by atoms with Crippen LogP contribution >= 0.6 is 0 Å². The lowest BCUT2D eigenvalue weighted by Crippen LogP contribution is -2.50. The highest BCUT2D eigenvalue weighted by molar-refractivity contribution is 6.72. The van der Waals surface area contributed by atoms with E-state index in [1.54, 1.807) is 0 Å². The predicted molar refractivity (Wildman–Crippen MR) is 127 cm³/mol. The third kappa shape index (κ3) is 5.94. The Labute approximate surface area is 181 Å². The molecular formula is C27H31NOSi. The Morgan fingerprint density at radius 1 is 0.633 bits per heavy atom. The van der Waals surface area contributed by atoms with E-state index in [-0.39, 0.29) is 0 Å². The molecule has 0 amide bonds. The SMILES string of the molecule is C1=C(NO[Si](Cc2ccccc2)(Cc2ccccc2)Cc2ccccc2)CCCC1. The molecule has 0 radical (unpaired) electrons. The second-order valence-electron chi connectivity index (χ2n) is 8.35. The minimum absolute atomic E-state index is 0.984. The van der Waals surface area contributed by atoms with Crippen molar-refractivity contribution < 1.29 is 4.53 Å². The minimum Gasteiger partial charge on any atom is -0.321 e. The second-order valence-corrected chi connectivity index (χ2v) is 12.0. The molecule has 30 heavy (non-hydrogen) atoms. The molecule has 0 fully saturated rings. The summed E-state index contributed by atoms with van der Waals surface area (Å²) in [5.74, 6) is 0. The van der Waals surface area contributed by atoms with Gasteiger partial charge in [-0.1, -0.05) is 97.1 Å². The number of rotatable bonds is 9. The molecule has 2 nitrogen and oxygen atoms in total. The zero-order valence-corrected chi connectivity index (χ0v) is 18.6. The van der Waals surface area contributed by atoms with E-state index in [9.17, 15) is 0 Å². The Kier molecular flexibility index (Phi) is 7.17. The Hall–Kier alpha value is -2.62. The first-order valence-electron chi connectivity index (χ1n) is 11.1. The molecule has 1 aliphatic rings. The monoisotopic (exact) mass is 413 g/mol. The molecule has 3 aromatic rings. The summed E-state index contributed by atoms with van der Waals surface area (Å²) in [6, 6.07) is 35.5. The van der Waals surface area contributed by atoms with Crippen LogP contribution < -0.4 is 5.48 Å². The molecule has 0 saturated carbocycles. The van der Waals surface area contributed by atoms with Gasteiger partial charge in [0, 0.05) is 5.70 Å². The highest BCUT2D eigenvalue weighted by atomic mass is 28.4. The van der Waals surface area contributed by atoms with Gasteiger partial charge in [-0.25, -0.2) is 0 Å². The van der Waals surface area contributed by atoms with Crippen molar-refractivity contribution in [1.82, 2.24) is 5.48 Å². The van der Waals surface area contributed by atoms with Crippen molar-refractivity contribution in [3.63, 3.8) is 0 Å². The zero-order valence-electron chi connectivity index (χ0n) is 17.6. The Morgan fingerprint density at radius 3 is 1.50 bits per heavy atom. The van der Waals surface area contributed by atoms with Crippen molar-refractivity contribution >= 4 is 8.32 Å². The lowest BCUT2D eigenvalue weighted by molar-refractivity contribution is 0.201.